The first-order valence-corrected chi connectivity index (χ1v) is 10.2. The number of hydrogen-bond acceptors (Lipinski definition) is 6. The highest BCUT2D eigenvalue weighted by atomic mass is 32.2. The van der Waals surface area contributed by atoms with E-state index in [1.165, 1.54) is 0 Å². The Hall–Kier alpha value is -2.74. The number of piperidine rings is 1. The number of ether oxygens (including phenoxy) is 1. The number of esters is 1. The summed E-state index contributed by atoms with van der Waals surface area (Å²) in [4.78, 5) is 18.6. The van der Waals surface area contributed by atoms with Crippen molar-refractivity contribution in [1.82, 2.24) is 9.88 Å². The number of carbonyl (C=O) groups is 1. The van der Waals surface area contributed by atoms with Crippen LogP contribution < -0.4 is 0 Å². The van der Waals surface area contributed by atoms with Crippen LogP contribution in [0.3, 0.4) is 0 Å². The Morgan fingerprint density at radius 1 is 1.22 bits per heavy atom. The molecule has 1 saturated heterocycles. The van der Waals surface area contributed by atoms with Crippen LogP contribution in [0.4, 0.5) is 0 Å². The van der Waals surface area contributed by atoms with Crippen LogP contribution in [-0.4, -0.2) is 43.2 Å². The second kappa shape index (κ2) is 7.11. The van der Waals surface area contributed by atoms with Crippen molar-refractivity contribution in [3.05, 3.63) is 59.9 Å². The van der Waals surface area contributed by atoms with Crippen LogP contribution in [0.1, 0.15) is 24.0 Å². The Bertz CT molecular complexity index is 989. The van der Waals surface area contributed by atoms with E-state index >= 15 is 0 Å². The molecule has 0 saturated carbocycles. The fourth-order valence-electron chi connectivity index (χ4n) is 3.43. The Kier molecular flexibility index (Phi) is 4.65. The highest BCUT2D eigenvalue weighted by molar-refractivity contribution is 7.90. The van der Waals surface area contributed by atoms with Gasteiger partial charge in [0.2, 0.25) is 0 Å². The Labute approximate surface area is 157 Å². The van der Waals surface area contributed by atoms with E-state index in [0.29, 0.717) is 30.9 Å². The first-order chi connectivity index (χ1) is 13.0. The van der Waals surface area contributed by atoms with E-state index in [2.05, 4.69) is 9.38 Å². The predicted molar refractivity (Wildman–Crippen MR) is 98.5 cm³/mol. The highest BCUT2D eigenvalue weighted by Gasteiger charge is 2.35. The Morgan fingerprint density at radius 2 is 2.07 bits per heavy atom. The summed E-state index contributed by atoms with van der Waals surface area (Å²) in [6, 6.07) is 10.4. The van der Waals surface area contributed by atoms with Gasteiger partial charge in [-0.15, -0.1) is 4.40 Å². The minimum Gasteiger partial charge on any atom is -0.460 e. The molecule has 0 amide bonds. The number of rotatable bonds is 3. The van der Waals surface area contributed by atoms with Crippen molar-refractivity contribution in [2.24, 2.45) is 10.3 Å². The van der Waals surface area contributed by atoms with Gasteiger partial charge in [0.15, 0.2) is 5.84 Å². The number of aromatic nitrogens is 1. The van der Waals surface area contributed by atoms with Crippen LogP contribution >= 0.6 is 0 Å². The SMILES string of the molecule is O=C(OCc1cccnc1)[C@H]1CCCN(C2=NS(=O)(=O)c3ccccc32)C1. The zero-order valence-corrected chi connectivity index (χ0v) is 15.4. The monoisotopic (exact) mass is 385 g/mol. The number of amidine groups is 1. The fraction of sp³-hybridized carbons (Fsp3) is 0.316. The number of pyridine rings is 1. The average molecular weight is 385 g/mol. The van der Waals surface area contributed by atoms with Gasteiger partial charge in [-0.25, -0.2) is 0 Å². The predicted octanol–water partition coefficient (Wildman–Crippen LogP) is 1.99. The number of hydrogen-bond donors (Lipinski definition) is 0. The molecule has 3 heterocycles. The van der Waals surface area contributed by atoms with Crippen molar-refractivity contribution in [2.45, 2.75) is 24.3 Å². The van der Waals surface area contributed by atoms with Crippen LogP contribution in [0.15, 0.2) is 58.1 Å². The van der Waals surface area contributed by atoms with Crippen molar-refractivity contribution in [3.63, 3.8) is 0 Å². The van der Waals surface area contributed by atoms with Gasteiger partial charge >= 0.3 is 5.97 Å². The lowest BCUT2D eigenvalue weighted by atomic mass is 9.97. The fourth-order valence-corrected chi connectivity index (χ4v) is 4.66. The summed E-state index contributed by atoms with van der Waals surface area (Å²) in [5.41, 5.74) is 1.43. The summed E-state index contributed by atoms with van der Waals surface area (Å²) in [5.74, 6) is -0.165. The van der Waals surface area contributed by atoms with E-state index < -0.39 is 10.0 Å². The lowest BCUT2D eigenvalue weighted by Gasteiger charge is -2.32. The van der Waals surface area contributed by atoms with E-state index in [9.17, 15) is 13.2 Å². The van der Waals surface area contributed by atoms with Crippen LogP contribution in [-0.2, 0) is 26.2 Å². The molecule has 2 aliphatic heterocycles. The highest BCUT2D eigenvalue weighted by Crippen LogP contribution is 2.30. The molecular formula is C19H19N3O4S. The van der Waals surface area contributed by atoms with Gasteiger partial charge in [0.05, 0.1) is 5.92 Å². The van der Waals surface area contributed by atoms with Crippen LogP contribution in [0, 0.1) is 5.92 Å². The summed E-state index contributed by atoms with van der Waals surface area (Å²) in [7, 11) is -3.66. The van der Waals surface area contributed by atoms with Crippen LogP contribution in [0.2, 0.25) is 0 Å². The second-order valence-electron chi connectivity index (χ2n) is 6.64. The lowest BCUT2D eigenvalue weighted by molar-refractivity contribution is -0.151. The molecule has 27 heavy (non-hydrogen) atoms. The normalized spacial score (nSPS) is 20.7. The molecule has 0 aliphatic carbocycles. The number of likely N-dealkylation sites (tertiary alicyclic amines) is 1. The van der Waals surface area contributed by atoms with Crippen molar-refractivity contribution < 1.29 is 17.9 Å². The number of benzene rings is 1. The number of fused-ring (bicyclic) bond motifs is 1. The maximum Gasteiger partial charge on any atom is 0.311 e. The molecule has 0 bridgehead atoms. The first kappa shape index (κ1) is 17.7. The second-order valence-corrected chi connectivity index (χ2v) is 8.21. The number of nitrogens with zero attached hydrogens (tertiary/aromatic N) is 3. The van der Waals surface area contributed by atoms with E-state index in [0.717, 1.165) is 12.0 Å². The summed E-state index contributed by atoms with van der Waals surface area (Å²) < 4.78 is 33.9. The molecule has 0 N–H and O–H groups in total. The van der Waals surface area contributed by atoms with Gasteiger partial charge in [0.25, 0.3) is 10.0 Å². The molecule has 1 fully saturated rings. The minimum absolute atomic E-state index is 0.182. The first-order valence-electron chi connectivity index (χ1n) is 8.79. The van der Waals surface area contributed by atoms with Crippen molar-refractivity contribution in [2.75, 3.05) is 13.1 Å². The quantitative estimate of drug-likeness (QED) is 0.751. The molecule has 1 aromatic heterocycles. The third-order valence-electron chi connectivity index (χ3n) is 4.77. The summed E-state index contributed by atoms with van der Waals surface area (Å²) in [6.45, 7) is 1.24. The standard InChI is InChI=1S/C19H19N3O4S/c23-19(26-13-14-5-3-9-20-11-14)15-6-4-10-22(12-15)18-16-7-1-2-8-17(16)27(24,25)21-18/h1-3,5,7-9,11,15H,4,6,10,12-13H2/t15-/m0/s1. The van der Waals surface area contributed by atoms with Gasteiger partial charge in [-0.3, -0.25) is 9.78 Å². The van der Waals surface area contributed by atoms with E-state index in [-0.39, 0.29) is 23.4 Å². The van der Waals surface area contributed by atoms with Crippen LogP contribution in [0.5, 0.6) is 0 Å². The molecule has 4 rings (SSSR count). The lowest BCUT2D eigenvalue weighted by Crippen LogP contribution is -2.42. The third kappa shape index (κ3) is 3.57. The molecule has 1 aromatic carbocycles. The third-order valence-corrected chi connectivity index (χ3v) is 6.10. The maximum absolute atomic E-state index is 12.5. The minimum atomic E-state index is -3.66. The van der Waals surface area contributed by atoms with Crippen molar-refractivity contribution >= 4 is 21.8 Å². The largest absolute Gasteiger partial charge is 0.460 e. The molecule has 1 atom stereocenters. The Morgan fingerprint density at radius 3 is 2.89 bits per heavy atom. The van der Waals surface area contributed by atoms with Gasteiger partial charge in [-0.1, -0.05) is 18.2 Å². The van der Waals surface area contributed by atoms with E-state index in [4.69, 9.17) is 4.74 Å². The molecular weight excluding hydrogens is 366 g/mol. The smallest absolute Gasteiger partial charge is 0.311 e. The number of carbonyl (C=O) groups excluding carboxylic acids is 1. The average Bonchev–Trinajstić information content (AvgIpc) is 2.98. The maximum atomic E-state index is 12.5. The zero-order chi connectivity index (χ0) is 18.9. The van der Waals surface area contributed by atoms with Crippen molar-refractivity contribution in [3.8, 4) is 0 Å². The molecule has 0 unspecified atom stereocenters. The van der Waals surface area contributed by atoms with Gasteiger partial charge in [0, 0.05) is 36.6 Å². The van der Waals surface area contributed by atoms with Crippen LogP contribution in [0.25, 0.3) is 0 Å². The zero-order valence-electron chi connectivity index (χ0n) is 14.6. The molecule has 2 aromatic rings. The molecule has 2 aliphatic rings. The van der Waals surface area contributed by atoms with E-state index in [1.807, 2.05) is 11.0 Å². The topological polar surface area (TPSA) is 88.9 Å². The molecule has 140 valence electrons. The Balaban J connectivity index is 1.47. The number of sulfonamides is 1. The van der Waals surface area contributed by atoms with Crippen molar-refractivity contribution in [1.29, 1.82) is 0 Å². The summed E-state index contributed by atoms with van der Waals surface area (Å²) in [5, 5.41) is 0. The van der Waals surface area contributed by atoms with E-state index in [1.54, 1.807) is 42.7 Å². The van der Waals surface area contributed by atoms with Gasteiger partial charge in [-0.2, -0.15) is 8.42 Å². The van der Waals surface area contributed by atoms with Gasteiger partial charge in [-0.05, 0) is 31.0 Å². The molecule has 7 nitrogen and oxygen atoms in total. The van der Waals surface area contributed by atoms with Gasteiger partial charge in [0.1, 0.15) is 11.5 Å². The molecule has 8 heteroatoms. The summed E-state index contributed by atoms with van der Waals surface area (Å²) >= 11 is 0. The summed E-state index contributed by atoms with van der Waals surface area (Å²) in [6.07, 6.45) is 4.81. The van der Waals surface area contributed by atoms with Gasteiger partial charge < -0.3 is 9.64 Å². The molecule has 0 spiro atoms. The molecule has 0 radical (unpaired) electrons.